The van der Waals surface area contributed by atoms with Crippen LogP contribution in [-0.4, -0.2) is 31.1 Å². The molecule has 0 heterocycles. The molecule has 2 aromatic rings. The average molecular weight is 377 g/mol. The Balaban J connectivity index is 1.58. The zero-order chi connectivity index (χ0) is 19.5. The molecule has 1 unspecified atom stereocenters. The summed E-state index contributed by atoms with van der Waals surface area (Å²) in [5, 5.41) is 0. The van der Waals surface area contributed by atoms with E-state index in [-0.39, 0.29) is 11.9 Å². The van der Waals surface area contributed by atoms with Gasteiger partial charge in [-0.3, -0.25) is 4.79 Å². The van der Waals surface area contributed by atoms with Gasteiger partial charge >= 0.3 is 0 Å². The fourth-order valence-corrected chi connectivity index (χ4v) is 4.14. The van der Waals surface area contributed by atoms with Crippen molar-refractivity contribution in [1.29, 1.82) is 0 Å². The summed E-state index contributed by atoms with van der Waals surface area (Å²) in [5.41, 5.74) is 3.61. The van der Waals surface area contributed by atoms with E-state index in [9.17, 15) is 4.79 Å². The summed E-state index contributed by atoms with van der Waals surface area (Å²) in [6.07, 6.45) is 9.05. The normalized spacial score (nSPS) is 18.6. The summed E-state index contributed by atoms with van der Waals surface area (Å²) < 4.78 is 10.6. The molecule has 4 rings (SSSR count). The molecule has 0 bridgehead atoms. The molecule has 1 amide bonds. The maximum Gasteiger partial charge on any atom is 0.247 e. The van der Waals surface area contributed by atoms with Crippen molar-refractivity contribution in [3.05, 3.63) is 65.2 Å². The fourth-order valence-electron chi connectivity index (χ4n) is 4.14. The number of aryl methyl sites for hydroxylation is 1. The van der Waals surface area contributed by atoms with Gasteiger partial charge in [0.1, 0.15) is 11.5 Å². The summed E-state index contributed by atoms with van der Waals surface area (Å²) in [5.74, 6) is 1.52. The second-order valence-corrected chi connectivity index (χ2v) is 7.56. The Labute approximate surface area is 166 Å². The standard InChI is InChI=1S/C24H27NO3/c1-27-20-14-17(15-21(16-20)28-2)10-13-24(26)25(19-11-12-19)23-9-5-7-18-6-3-4-8-22(18)23/h3-4,6,8,10,13-16,19,23H,5,7,9,11-12H2,1-2H3/b13-10+. The third kappa shape index (κ3) is 3.91. The lowest BCUT2D eigenvalue weighted by Crippen LogP contribution is -2.37. The molecule has 1 saturated carbocycles. The lowest BCUT2D eigenvalue weighted by molar-refractivity contribution is -0.129. The Morgan fingerprint density at radius 2 is 1.75 bits per heavy atom. The van der Waals surface area contributed by atoms with Crippen LogP contribution in [0.4, 0.5) is 0 Å². The first-order valence-corrected chi connectivity index (χ1v) is 10.0. The smallest absolute Gasteiger partial charge is 0.247 e. The first-order chi connectivity index (χ1) is 13.7. The van der Waals surface area contributed by atoms with E-state index < -0.39 is 0 Å². The van der Waals surface area contributed by atoms with E-state index in [1.807, 2.05) is 24.3 Å². The van der Waals surface area contributed by atoms with Crippen molar-refractivity contribution in [3.8, 4) is 11.5 Å². The second kappa shape index (κ2) is 8.09. The van der Waals surface area contributed by atoms with Crippen LogP contribution in [0.3, 0.4) is 0 Å². The first-order valence-electron chi connectivity index (χ1n) is 10.0. The third-order valence-electron chi connectivity index (χ3n) is 5.66. The van der Waals surface area contributed by atoms with Crippen molar-refractivity contribution in [3.63, 3.8) is 0 Å². The van der Waals surface area contributed by atoms with Crippen LogP contribution < -0.4 is 9.47 Å². The van der Waals surface area contributed by atoms with Gasteiger partial charge in [-0.05, 0) is 67.0 Å². The summed E-state index contributed by atoms with van der Waals surface area (Å²) in [6, 6.07) is 14.8. The monoisotopic (exact) mass is 377 g/mol. The van der Waals surface area contributed by atoms with Gasteiger partial charge in [-0.15, -0.1) is 0 Å². The summed E-state index contributed by atoms with van der Waals surface area (Å²) >= 11 is 0. The van der Waals surface area contributed by atoms with Crippen molar-refractivity contribution in [2.24, 2.45) is 0 Å². The Bertz CT molecular complexity index is 863. The van der Waals surface area contributed by atoms with Crippen LogP contribution in [0.15, 0.2) is 48.5 Å². The Morgan fingerprint density at radius 1 is 1.04 bits per heavy atom. The number of carbonyl (C=O) groups excluding carboxylic acids is 1. The number of ether oxygens (including phenoxy) is 2. The van der Waals surface area contributed by atoms with E-state index in [0.717, 1.165) is 37.7 Å². The van der Waals surface area contributed by atoms with Crippen LogP contribution in [-0.2, 0) is 11.2 Å². The Morgan fingerprint density at radius 3 is 2.43 bits per heavy atom. The highest BCUT2D eigenvalue weighted by atomic mass is 16.5. The highest BCUT2D eigenvalue weighted by Gasteiger charge is 2.38. The van der Waals surface area contributed by atoms with Crippen LogP contribution >= 0.6 is 0 Å². The molecule has 1 atom stereocenters. The van der Waals surface area contributed by atoms with E-state index in [1.165, 1.54) is 11.1 Å². The van der Waals surface area contributed by atoms with Gasteiger partial charge in [-0.1, -0.05) is 24.3 Å². The van der Waals surface area contributed by atoms with E-state index >= 15 is 0 Å². The van der Waals surface area contributed by atoms with Gasteiger partial charge in [-0.25, -0.2) is 0 Å². The minimum Gasteiger partial charge on any atom is -0.497 e. The average Bonchev–Trinajstić information content (AvgIpc) is 3.57. The van der Waals surface area contributed by atoms with E-state index in [2.05, 4.69) is 29.2 Å². The SMILES string of the molecule is COc1cc(/C=C/C(=O)N(C2CC2)C2CCCc3ccccc32)cc(OC)c1. The number of hydrogen-bond donors (Lipinski definition) is 0. The van der Waals surface area contributed by atoms with E-state index in [4.69, 9.17) is 9.47 Å². The minimum atomic E-state index is 0.0889. The number of fused-ring (bicyclic) bond motifs is 1. The molecule has 0 aromatic heterocycles. The summed E-state index contributed by atoms with van der Waals surface area (Å²) in [7, 11) is 3.26. The van der Waals surface area contributed by atoms with Gasteiger partial charge in [0.25, 0.3) is 0 Å². The number of hydrogen-bond acceptors (Lipinski definition) is 3. The predicted molar refractivity (Wildman–Crippen MR) is 111 cm³/mol. The molecule has 2 aromatic carbocycles. The molecular weight excluding hydrogens is 350 g/mol. The van der Waals surface area contributed by atoms with Crippen LogP contribution in [0.2, 0.25) is 0 Å². The molecule has 28 heavy (non-hydrogen) atoms. The van der Waals surface area contributed by atoms with Gasteiger partial charge in [-0.2, -0.15) is 0 Å². The Kier molecular flexibility index (Phi) is 5.38. The molecule has 1 fully saturated rings. The lowest BCUT2D eigenvalue weighted by atomic mass is 9.86. The van der Waals surface area contributed by atoms with Crippen LogP contribution in [0.1, 0.15) is 48.4 Å². The quantitative estimate of drug-likeness (QED) is 0.680. The molecule has 146 valence electrons. The van der Waals surface area contributed by atoms with E-state index in [0.29, 0.717) is 17.5 Å². The number of amides is 1. The van der Waals surface area contributed by atoms with Gasteiger partial charge in [0, 0.05) is 18.2 Å². The molecule has 0 N–H and O–H groups in total. The van der Waals surface area contributed by atoms with E-state index in [1.54, 1.807) is 20.3 Å². The van der Waals surface area contributed by atoms with Crippen LogP contribution in [0.25, 0.3) is 6.08 Å². The maximum absolute atomic E-state index is 13.2. The molecule has 2 aliphatic rings. The zero-order valence-electron chi connectivity index (χ0n) is 16.6. The molecule has 0 aliphatic heterocycles. The number of carbonyl (C=O) groups is 1. The van der Waals surface area contributed by atoms with Crippen molar-refractivity contribution >= 4 is 12.0 Å². The predicted octanol–water partition coefficient (Wildman–Crippen LogP) is 4.79. The number of methoxy groups -OCH3 is 2. The molecule has 0 spiro atoms. The largest absolute Gasteiger partial charge is 0.497 e. The van der Waals surface area contributed by atoms with Gasteiger partial charge < -0.3 is 14.4 Å². The van der Waals surface area contributed by atoms with Crippen LogP contribution in [0, 0.1) is 0 Å². The molecule has 2 aliphatic carbocycles. The number of rotatable bonds is 6. The molecule has 0 radical (unpaired) electrons. The summed E-state index contributed by atoms with van der Waals surface area (Å²) in [4.78, 5) is 15.3. The van der Waals surface area contributed by atoms with Gasteiger partial charge in [0.05, 0.1) is 20.3 Å². The number of benzene rings is 2. The van der Waals surface area contributed by atoms with Gasteiger partial charge in [0.15, 0.2) is 0 Å². The van der Waals surface area contributed by atoms with Gasteiger partial charge in [0.2, 0.25) is 5.91 Å². The fraction of sp³-hybridized carbons (Fsp3) is 0.375. The highest BCUT2D eigenvalue weighted by Crippen LogP contribution is 2.41. The van der Waals surface area contributed by atoms with Crippen molar-refractivity contribution in [2.45, 2.75) is 44.2 Å². The second-order valence-electron chi connectivity index (χ2n) is 7.56. The van der Waals surface area contributed by atoms with Crippen molar-refractivity contribution < 1.29 is 14.3 Å². The maximum atomic E-state index is 13.2. The zero-order valence-corrected chi connectivity index (χ0v) is 16.6. The molecular formula is C24H27NO3. The van der Waals surface area contributed by atoms with Crippen molar-refractivity contribution in [1.82, 2.24) is 4.90 Å². The molecule has 0 saturated heterocycles. The first kappa shape index (κ1) is 18.6. The third-order valence-corrected chi connectivity index (χ3v) is 5.66. The Hall–Kier alpha value is -2.75. The summed E-state index contributed by atoms with van der Waals surface area (Å²) in [6.45, 7) is 0. The number of nitrogens with zero attached hydrogens (tertiary/aromatic N) is 1. The van der Waals surface area contributed by atoms with Crippen molar-refractivity contribution in [2.75, 3.05) is 14.2 Å². The molecule has 4 nitrogen and oxygen atoms in total. The minimum absolute atomic E-state index is 0.0889. The lowest BCUT2D eigenvalue weighted by Gasteiger charge is -2.35. The van der Waals surface area contributed by atoms with Crippen LogP contribution in [0.5, 0.6) is 11.5 Å². The highest BCUT2D eigenvalue weighted by molar-refractivity contribution is 5.92. The molecule has 4 heteroatoms. The topological polar surface area (TPSA) is 38.8 Å².